The van der Waals surface area contributed by atoms with Crippen molar-refractivity contribution in [1.29, 1.82) is 0 Å². The van der Waals surface area contributed by atoms with Crippen molar-refractivity contribution in [2.75, 3.05) is 25.5 Å². The lowest BCUT2D eigenvalue weighted by Crippen LogP contribution is -2.49. The first-order valence-corrected chi connectivity index (χ1v) is 9.57. The zero-order valence-corrected chi connectivity index (χ0v) is 15.6. The number of anilines is 1. The van der Waals surface area contributed by atoms with Crippen LogP contribution in [0.5, 0.6) is 0 Å². The predicted octanol–water partition coefficient (Wildman–Crippen LogP) is 3.10. The Morgan fingerprint density at radius 3 is 2.81 bits per heavy atom. The molecule has 144 valence electrons. The Kier molecular flexibility index (Phi) is 5.40. The summed E-state index contributed by atoms with van der Waals surface area (Å²) < 4.78 is 10.8. The maximum absolute atomic E-state index is 12.5. The minimum Gasteiger partial charge on any atom is -0.445 e. The van der Waals surface area contributed by atoms with Crippen molar-refractivity contribution in [2.45, 2.75) is 43.9 Å². The van der Waals surface area contributed by atoms with Crippen LogP contribution in [0.2, 0.25) is 0 Å². The van der Waals surface area contributed by atoms with E-state index < -0.39 is 0 Å². The van der Waals surface area contributed by atoms with Crippen molar-refractivity contribution in [1.82, 2.24) is 15.2 Å². The smallest absolute Gasteiger partial charge is 0.319 e. The van der Waals surface area contributed by atoms with Gasteiger partial charge in [-0.1, -0.05) is 0 Å². The van der Waals surface area contributed by atoms with E-state index in [1.807, 2.05) is 24.3 Å². The molecule has 1 aromatic carbocycles. The standard InChI is InChI=1S/C20H26N4O3/c1-26-16-9-11-24(13-16)18-4-2-3-17(18)23-20(25)22-15-7-5-14(6-8-15)19-21-10-12-27-19/h5-8,10,12,16-18H,2-4,9,11,13H2,1H3,(H2,22,23,25)/t16?,17-,18+/m0/s1. The van der Waals surface area contributed by atoms with Gasteiger partial charge in [0, 0.05) is 43.5 Å². The molecule has 7 heteroatoms. The van der Waals surface area contributed by atoms with Gasteiger partial charge in [-0.25, -0.2) is 9.78 Å². The van der Waals surface area contributed by atoms with Gasteiger partial charge in [0.15, 0.2) is 0 Å². The molecule has 1 aliphatic heterocycles. The van der Waals surface area contributed by atoms with Crippen molar-refractivity contribution in [3.05, 3.63) is 36.7 Å². The highest BCUT2D eigenvalue weighted by molar-refractivity contribution is 5.89. The molecule has 1 saturated heterocycles. The van der Waals surface area contributed by atoms with E-state index in [2.05, 4.69) is 20.5 Å². The third-order valence-corrected chi connectivity index (χ3v) is 5.60. The molecule has 2 aromatic rings. The van der Waals surface area contributed by atoms with E-state index in [4.69, 9.17) is 9.15 Å². The molecule has 1 aliphatic carbocycles. The van der Waals surface area contributed by atoms with Crippen molar-refractivity contribution < 1.29 is 13.9 Å². The number of hydrogen-bond acceptors (Lipinski definition) is 5. The van der Waals surface area contributed by atoms with Crippen LogP contribution in [0.3, 0.4) is 0 Å². The van der Waals surface area contributed by atoms with Gasteiger partial charge in [-0.2, -0.15) is 0 Å². The summed E-state index contributed by atoms with van der Waals surface area (Å²) in [7, 11) is 1.78. The van der Waals surface area contributed by atoms with Crippen molar-refractivity contribution in [2.24, 2.45) is 0 Å². The van der Waals surface area contributed by atoms with Gasteiger partial charge >= 0.3 is 6.03 Å². The van der Waals surface area contributed by atoms with Crippen LogP contribution in [0.25, 0.3) is 11.5 Å². The second kappa shape index (κ2) is 8.10. The number of carbonyl (C=O) groups is 1. The maximum atomic E-state index is 12.5. The molecule has 2 fully saturated rings. The second-order valence-corrected chi connectivity index (χ2v) is 7.26. The average Bonchev–Trinajstić information content (AvgIpc) is 3.43. The van der Waals surface area contributed by atoms with Crippen LogP contribution in [0.1, 0.15) is 25.7 Å². The van der Waals surface area contributed by atoms with E-state index in [1.54, 1.807) is 19.6 Å². The van der Waals surface area contributed by atoms with E-state index >= 15 is 0 Å². The number of aromatic nitrogens is 1. The molecule has 1 aromatic heterocycles. The lowest BCUT2D eigenvalue weighted by molar-refractivity contribution is 0.0985. The van der Waals surface area contributed by atoms with Crippen LogP contribution in [0, 0.1) is 0 Å². The number of oxazole rings is 1. The summed E-state index contributed by atoms with van der Waals surface area (Å²) in [4.78, 5) is 19.1. The normalized spacial score (nSPS) is 25.6. The summed E-state index contributed by atoms with van der Waals surface area (Å²) in [6.45, 7) is 2.01. The Labute approximate surface area is 159 Å². The van der Waals surface area contributed by atoms with Gasteiger partial charge in [0.2, 0.25) is 5.89 Å². The van der Waals surface area contributed by atoms with Gasteiger partial charge in [0.1, 0.15) is 6.26 Å². The average molecular weight is 370 g/mol. The number of methoxy groups -OCH3 is 1. The summed E-state index contributed by atoms with van der Waals surface area (Å²) in [6.07, 6.45) is 7.85. The van der Waals surface area contributed by atoms with Crippen LogP contribution in [0.4, 0.5) is 10.5 Å². The van der Waals surface area contributed by atoms with Crippen LogP contribution >= 0.6 is 0 Å². The Morgan fingerprint density at radius 1 is 1.26 bits per heavy atom. The molecule has 2 aliphatic rings. The van der Waals surface area contributed by atoms with Gasteiger partial charge in [-0.15, -0.1) is 0 Å². The van der Waals surface area contributed by atoms with Crippen molar-refractivity contribution in [3.63, 3.8) is 0 Å². The first-order chi connectivity index (χ1) is 13.2. The second-order valence-electron chi connectivity index (χ2n) is 7.26. The molecule has 27 heavy (non-hydrogen) atoms. The number of urea groups is 1. The third kappa shape index (κ3) is 4.14. The van der Waals surface area contributed by atoms with E-state index in [1.165, 1.54) is 0 Å². The highest BCUT2D eigenvalue weighted by Crippen LogP contribution is 2.28. The fraction of sp³-hybridized carbons (Fsp3) is 0.500. The molecule has 3 atom stereocenters. The number of ether oxygens (including phenoxy) is 1. The highest BCUT2D eigenvalue weighted by atomic mass is 16.5. The molecule has 7 nitrogen and oxygen atoms in total. The van der Waals surface area contributed by atoms with Crippen molar-refractivity contribution in [3.8, 4) is 11.5 Å². The topological polar surface area (TPSA) is 79.6 Å². The zero-order chi connectivity index (χ0) is 18.6. The quantitative estimate of drug-likeness (QED) is 0.845. The fourth-order valence-electron chi connectivity index (χ4n) is 4.19. The van der Waals surface area contributed by atoms with Gasteiger partial charge in [0.05, 0.1) is 12.3 Å². The first-order valence-electron chi connectivity index (χ1n) is 9.57. The van der Waals surface area contributed by atoms with Crippen molar-refractivity contribution >= 4 is 11.7 Å². The number of benzene rings is 1. The summed E-state index contributed by atoms with van der Waals surface area (Å²) in [5, 5.41) is 6.09. The molecule has 2 amide bonds. The van der Waals surface area contributed by atoms with Crippen LogP contribution in [-0.2, 0) is 4.74 Å². The number of hydrogen-bond donors (Lipinski definition) is 2. The Hall–Kier alpha value is -2.38. The monoisotopic (exact) mass is 370 g/mol. The highest BCUT2D eigenvalue weighted by Gasteiger charge is 2.36. The largest absolute Gasteiger partial charge is 0.445 e. The molecule has 2 N–H and O–H groups in total. The SMILES string of the molecule is COC1CCN([C@@H]2CCC[C@@H]2NC(=O)Nc2ccc(-c3ncco3)cc2)C1. The molecule has 0 bridgehead atoms. The van der Waals surface area contributed by atoms with Gasteiger partial charge in [0.25, 0.3) is 0 Å². The van der Waals surface area contributed by atoms with E-state index in [-0.39, 0.29) is 12.1 Å². The van der Waals surface area contributed by atoms with Gasteiger partial charge in [-0.3, -0.25) is 4.90 Å². The molecular weight excluding hydrogens is 344 g/mol. The molecule has 0 radical (unpaired) electrons. The molecular formula is C20H26N4O3. The van der Waals surface area contributed by atoms with E-state index in [0.717, 1.165) is 50.0 Å². The lowest BCUT2D eigenvalue weighted by atomic mass is 10.1. The van der Waals surface area contributed by atoms with Crippen LogP contribution < -0.4 is 10.6 Å². The third-order valence-electron chi connectivity index (χ3n) is 5.60. The lowest BCUT2D eigenvalue weighted by Gasteiger charge is -2.30. The minimum absolute atomic E-state index is 0.154. The number of carbonyl (C=O) groups excluding carboxylic acids is 1. The molecule has 1 unspecified atom stereocenters. The summed E-state index contributed by atoms with van der Waals surface area (Å²) in [5.74, 6) is 0.569. The zero-order valence-electron chi connectivity index (χ0n) is 15.6. The summed E-state index contributed by atoms with van der Waals surface area (Å²) in [5.41, 5.74) is 1.63. The maximum Gasteiger partial charge on any atom is 0.319 e. The fourth-order valence-corrected chi connectivity index (χ4v) is 4.19. The molecule has 0 spiro atoms. The number of likely N-dealkylation sites (tertiary alicyclic amines) is 1. The molecule has 2 heterocycles. The summed E-state index contributed by atoms with van der Waals surface area (Å²) in [6, 6.07) is 7.92. The minimum atomic E-state index is -0.154. The van der Waals surface area contributed by atoms with E-state index in [9.17, 15) is 4.79 Å². The van der Waals surface area contributed by atoms with E-state index in [0.29, 0.717) is 18.0 Å². The first kappa shape index (κ1) is 18.0. The summed E-state index contributed by atoms with van der Waals surface area (Å²) >= 11 is 0. The number of nitrogens with zero attached hydrogens (tertiary/aromatic N) is 2. The number of amides is 2. The number of nitrogens with one attached hydrogen (secondary N) is 2. The van der Waals surface area contributed by atoms with Crippen LogP contribution in [0.15, 0.2) is 41.1 Å². The van der Waals surface area contributed by atoms with Crippen LogP contribution in [-0.4, -0.2) is 54.3 Å². The molecule has 1 saturated carbocycles. The Balaban J connectivity index is 1.32. The van der Waals surface area contributed by atoms with Gasteiger partial charge in [-0.05, 0) is 49.9 Å². The Morgan fingerprint density at radius 2 is 2.11 bits per heavy atom. The predicted molar refractivity (Wildman–Crippen MR) is 103 cm³/mol. The Bertz CT molecular complexity index is 747. The number of rotatable bonds is 5. The molecule has 4 rings (SSSR count). The van der Waals surface area contributed by atoms with Gasteiger partial charge < -0.3 is 19.8 Å².